The summed E-state index contributed by atoms with van der Waals surface area (Å²) in [4.78, 5) is 27.5. The Kier molecular flexibility index (Phi) is 6.78. The van der Waals surface area contributed by atoms with Crippen molar-refractivity contribution >= 4 is 69.7 Å². The van der Waals surface area contributed by atoms with Crippen molar-refractivity contribution in [2.45, 2.75) is 9.79 Å². The van der Waals surface area contributed by atoms with Crippen molar-refractivity contribution in [3.63, 3.8) is 0 Å². The van der Waals surface area contributed by atoms with Crippen LogP contribution < -0.4 is 10.6 Å². The molecule has 1 aliphatic carbocycles. The monoisotopic (exact) mass is 450 g/mol. The molecule has 3 rings (SSSR count). The van der Waals surface area contributed by atoms with E-state index < -0.39 is 11.6 Å². The van der Waals surface area contributed by atoms with Gasteiger partial charge in [-0.25, -0.2) is 0 Å². The Morgan fingerprint density at radius 1 is 0.679 bits per heavy atom. The molecule has 0 amide bonds. The smallest absolute Gasteiger partial charge is 0.224 e. The van der Waals surface area contributed by atoms with E-state index in [1.54, 1.807) is 12.1 Å². The first kappa shape index (κ1) is 20.9. The number of hydrogen-bond donors (Lipinski definition) is 2. The van der Waals surface area contributed by atoms with Crippen LogP contribution in [0.1, 0.15) is 0 Å². The Bertz CT molecular complexity index is 937. The predicted octanol–water partition coefficient (Wildman–Crippen LogP) is 5.71. The van der Waals surface area contributed by atoms with Crippen LogP contribution in [-0.4, -0.2) is 24.1 Å². The molecule has 0 atom stereocenters. The van der Waals surface area contributed by atoms with Crippen molar-refractivity contribution < 1.29 is 9.59 Å². The van der Waals surface area contributed by atoms with Crippen LogP contribution in [0.5, 0.6) is 0 Å². The number of anilines is 2. The lowest BCUT2D eigenvalue weighted by atomic mass is 10.0. The molecule has 0 aromatic heterocycles. The molecule has 0 unspecified atom stereocenters. The Morgan fingerprint density at radius 3 is 1.39 bits per heavy atom. The zero-order valence-corrected chi connectivity index (χ0v) is 18.2. The van der Waals surface area contributed by atoms with Crippen molar-refractivity contribution in [2.75, 3.05) is 23.1 Å². The third-order valence-electron chi connectivity index (χ3n) is 4.03. The quantitative estimate of drug-likeness (QED) is 0.434. The molecule has 0 heterocycles. The average molecular weight is 451 g/mol. The van der Waals surface area contributed by atoms with Crippen LogP contribution in [0.4, 0.5) is 11.4 Å². The van der Waals surface area contributed by atoms with Gasteiger partial charge in [0.05, 0.1) is 11.4 Å². The van der Waals surface area contributed by atoms with Crippen molar-refractivity contribution in [3.8, 4) is 0 Å². The summed E-state index contributed by atoms with van der Waals surface area (Å²) in [6.07, 6.45) is 3.84. The molecule has 0 aliphatic heterocycles. The molecule has 8 heteroatoms. The number of Topliss-reactive ketones (excluding diaryl/α,β-unsaturated/α-hetero) is 2. The van der Waals surface area contributed by atoms with Crippen LogP contribution in [-0.2, 0) is 9.59 Å². The van der Waals surface area contributed by atoms with Crippen LogP contribution >= 0.6 is 46.7 Å². The van der Waals surface area contributed by atoms with E-state index in [9.17, 15) is 9.59 Å². The van der Waals surface area contributed by atoms with Crippen LogP contribution in [0.25, 0.3) is 0 Å². The van der Waals surface area contributed by atoms with Crippen LogP contribution in [0, 0.1) is 0 Å². The molecular weight excluding hydrogens is 435 g/mol. The molecule has 0 radical (unpaired) electrons. The number of carbonyl (C=O) groups excluding carboxylic acids is 2. The van der Waals surface area contributed by atoms with Crippen LogP contribution in [0.15, 0.2) is 79.8 Å². The van der Waals surface area contributed by atoms with E-state index in [-0.39, 0.29) is 21.5 Å². The van der Waals surface area contributed by atoms with Gasteiger partial charge in [-0.1, -0.05) is 47.5 Å². The predicted molar refractivity (Wildman–Crippen MR) is 119 cm³/mol. The first-order chi connectivity index (χ1) is 13.5. The van der Waals surface area contributed by atoms with Gasteiger partial charge in [-0.05, 0) is 36.8 Å². The minimum Gasteiger partial charge on any atom is -0.350 e. The lowest BCUT2D eigenvalue weighted by Gasteiger charge is -2.21. The van der Waals surface area contributed by atoms with Crippen LogP contribution in [0.3, 0.4) is 0 Å². The summed E-state index contributed by atoms with van der Waals surface area (Å²) in [5.74, 6) is -1.07. The molecule has 0 fully saturated rings. The second-order valence-electron chi connectivity index (χ2n) is 5.69. The average Bonchev–Trinajstić information content (AvgIpc) is 2.73. The number of rotatable bonds is 6. The second-order valence-corrected chi connectivity index (χ2v) is 8.14. The SMILES string of the molecule is CSc1ccccc1NC1=C(Cl)C(=O)C(Nc2ccccc2SC)=C(Cl)C1=O. The van der Waals surface area contributed by atoms with Gasteiger partial charge in [0.1, 0.15) is 21.5 Å². The summed E-state index contributed by atoms with van der Waals surface area (Å²) in [5, 5.41) is 5.55. The maximum atomic E-state index is 12.8. The number of thioether (sulfide) groups is 2. The van der Waals surface area contributed by atoms with Gasteiger partial charge in [0.25, 0.3) is 0 Å². The molecular formula is C20H16Cl2N2O2S2. The van der Waals surface area contributed by atoms with E-state index in [4.69, 9.17) is 23.2 Å². The highest BCUT2D eigenvalue weighted by molar-refractivity contribution is 7.99. The summed E-state index contributed by atoms with van der Waals surface area (Å²) in [6.45, 7) is 0. The van der Waals surface area contributed by atoms with Gasteiger partial charge >= 0.3 is 0 Å². The normalized spacial score (nSPS) is 14.6. The first-order valence-corrected chi connectivity index (χ1v) is 11.4. The summed E-state index contributed by atoms with van der Waals surface area (Å²) < 4.78 is 0. The summed E-state index contributed by atoms with van der Waals surface area (Å²) >= 11 is 15.6. The summed E-state index contributed by atoms with van der Waals surface area (Å²) in [6, 6.07) is 14.9. The standard InChI is InChI=1S/C20H16Cl2N2O2S2/c1-27-13-9-5-3-7-11(13)23-17-15(21)20(26)18(16(22)19(17)25)24-12-8-4-6-10-14(12)28-2/h3-10,23-24H,1-2H3. The molecule has 144 valence electrons. The zero-order valence-electron chi connectivity index (χ0n) is 15.0. The number of nitrogens with one attached hydrogen (secondary N) is 2. The second kappa shape index (κ2) is 9.09. The molecule has 0 saturated carbocycles. The molecule has 0 spiro atoms. The van der Waals surface area contributed by atoms with E-state index in [0.717, 1.165) is 9.79 Å². The topological polar surface area (TPSA) is 58.2 Å². The third kappa shape index (κ3) is 4.10. The van der Waals surface area contributed by atoms with Gasteiger partial charge < -0.3 is 10.6 Å². The summed E-state index contributed by atoms with van der Waals surface area (Å²) in [7, 11) is 0. The molecule has 28 heavy (non-hydrogen) atoms. The molecule has 1 aliphatic rings. The number of allylic oxidation sites excluding steroid dienone is 2. The Hall–Kier alpha value is -1.86. The van der Waals surface area contributed by atoms with Gasteiger partial charge in [-0.15, -0.1) is 23.5 Å². The number of carbonyl (C=O) groups is 2. The molecule has 0 saturated heterocycles. The van der Waals surface area contributed by atoms with E-state index in [1.807, 2.05) is 48.9 Å². The highest BCUT2D eigenvalue weighted by Crippen LogP contribution is 2.34. The van der Waals surface area contributed by atoms with Crippen molar-refractivity contribution in [3.05, 3.63) is 70.0 Å². The first-order valence-electron chi connectivity index (χ1n) is 8.17. The number of hydrogen-bond acceptors (Lipinski definition) is 6. The third-order valence-corrected chi connectivity index (χ3v) is 6.34. The molecule has 0 bridgehead atoms. The van der Waals surface area contributed by atoms with Crippen molar-refractivity contribution in [1.82, 2.24) is 0 Å². The van der Waals surface area contributed by atoms with E-state index in [1.165, 1.54) is 23.5 Å². The number of benzene rings is 2. The number of ketones is 2. The van der Waals surface area contributed by atoms with E-state index >= 15 is 0 Å². The Morgan fingerprint density at radius 2 is 1.04 bits per heavy atom. The fourth-order valence-corrected chi connectivity index (χ4v) is 4.20. The fourth-order valence-electron chi connectivity index (χ4n) is 2.63. The molecule has 2 N–H and O–H groups in total. The van der Waals surface area contributed by atoms with Crippen LogP contribution in [0.2, 0.25) is 0 Å². The van der Waals surface area contributed by atoms with Gasteiger partial charge in [0, 0.05) is 9.79 Å². The van der Waals surface area contributed by atoms with Crippen molar-refractivity contribution in [1.29, 1.82) is 0 Å². The zero-order chi connectivity index (χ0) is 20.3. The largest absolute Gasteiger partial charge is 0.350 e. The Labute approximate surface area is 181 Å². The fraction of sp³-hybridized carbons (Fsp3) is 0.100. The summed E-state index contributed by atoms with van der Waals surface area (Å²) in [5.41, 5.74) is 1.31. The molecule has 2 aromatic carbocycles. The lowest BCUT2D eigenvalue weighted by molar-refractivity contribution is -0.115. The van der Waals surface area contributed by atoms with E-state index in [0.29, 0.717) is 11.4 Å². The highest BCUT2D eigenvalue weighted by Gasteiger charge is 2.34. The minimum absolute atomic E-state index is 0.0260. The maximum absolute atomic E-state index is 12.8. The Balaban J connectivity index is 1.94. The van der Waals surface area contributed by atoms with Gasteiger partial charge in [-0.2, -0.15) is 0 Å². The maximum Gasteiger partial charge on any atom is 0.224 e. The van der Waals surface area contributed by atoms with Gasteiger partial charge in [0.2, 0.25) is 11.6 Å². The number of halogens is 2. The number of para-hydroxylation sites is 2. The minimum atomic E-state index is -0.536. The van der Waals surface area contributed by atoms with Crippen molar-refractivity contribution in [2.24, 2.45) is 0 Å². The van der Waals surface area contributed by atoms with Gasteiger partial charge in [0.15, 0.2) is 0 Å². The lowest BCUT2D eigenvalue weighted by Crippen LogP contribution is -2.27. The molecule has 2 aromatic rings. The molecule has 4 nitrogen and oxygen atoms in total. The van der Waals surface area contributed by atoms with Gasteiger partial charge in [-0.3, -0.25) is 9.59 Å². The highest BCUT2D eigenvalue weighted by atomic mass is 35.5. The van der Waals surface area contributed by atoms with E-state index in [2.05, 4.69) is 10.6 Å².